The maximum absolute atomic E-state index is 12.1. The number of benzene rings is 2. The van der Waals surface area contributed by atoms with E-state index in [-0.39, 0.29) is 5.56 Å². The molecule has 0 radical (unpaired) electrons. The van der Waals surface area contributed by atoms with Crippen molar-refractivity contribution in [1.82, 2.24) is 5.32 Å². The second kappa shape index (κ2) is 9.22. The molecule has 0 aliphatic rings. The lowest BCUT2D eigenvalue weighted by Crippen LogP contribution is -2.36. The van der Waals surface area contributed by atoms with Crippen LogP contribution >= 0.6 is 0 Å². The number of esters is 1. The standard InChI is InChI=1S/C19H19NO6/c1-13(26-14-8-4-3-5-9-14)19(23)25-12-17(21)20-18(22)15-10-6-7-11-16(15)24-2/h3-11,13H,12H2,1-2H3,(H,20,21,22)/t13-/m1/s1. The molecule has 2 aromatic rings. The average Bonchev–Trinajstić information content (AvgIpc) is 2.66. The molecule has 0 aliphatic heterocycles. The Morgan fingerprint density at radius 1 is 1.00 bits per heavy atom. The molecule has 0 heterocycles. The molecular weight excluding hydrogens is 338 g/mol. The molecule has 0 bridgehead atoms. The molecule has 0 aromatic heterocycles. The third-order valence-corrected chi connectivity index (χ3v) is 3.34. The SMILES string of the molecule is COc1ccccc1C(=O)NC(=O)COC(=O)[C@@H](C)Oc1ccccc1. The van der Waals surface area contributed by atoms with E-state index in [0.29, 0.717) is 11.5 Å². The van der Waals surface area contributed by atoms with Gasteiger partial charge in [-0.1, -0.05) is 30.3 Å². The van der Waals surface area contributed by atoms with Crippen molar-refractivity contribution in [1.29, 1.82) is 0 Å². The van der Waals surface area contributed by atoms with Crippen LogP contribution in [0, 0.1) is 0 Å². The molecule has 0 aliphatic carbocycles. The van der Waals surface area contributed by atoms with Crippen LogP contribution in [0.1, 0.15) is 17.3 Å². The van der Waals surface area contributed by atoms with E-state index in [9.17, 15) is 14.4 Å². The molecule has 1 N–H and O–H groups in total. The summed E-state index contributed by atoms with van der Waals surface area (Å²) >= 11 is 0. The zero-order valence-corrected chi connectivity index (χ0v) is 14.4. The molecule has 7 heteroatoms. The van der Waals surface area contributed by atoms with Crippen LogP contribution in [0.3, 0.4) is 0 Å². The monoisotopic (exact) mass is 357 g/mol. The van der Waals surface area contributed by atoms with E-state index in [1.165, 1.54) is 20.1 Å². The molecule has 2 rings (SSSR count). The summed E-state index contributed by atoms with van der Waals surface area (Å²) < 4.78 is 15.3. The maximum Gasteiger partial charge on any atom is 0.347 e. The minimum absolute atomic E-state index is 0.204. The summed E-state index contributed by atoms with van der Waals surface area (Å²) in [5.41, 5.74) is 0.204. The second-order valence-corrected chi connectivity index (χ2v) is 5.26. The van der Waals surface area contributed by atoms with Gasteiger partial charge in [0.05, 0.1) is 12.7 Å². The van der Waals surface area contributed by atoms with Gasteiger partial charge in [0.25, 0.3) is 11.8 Å². The summed E-state index contributed by atoms with van der Waals surface area (Å²) in [5, 5.41) is 2.14. The van der Waals surface area contributed by atoms with Crippen molar-refractivity contribution in [3.8, 4) is 11.5 Å². The van der Waals surface area contributed by atoms with E-state index in [4.69, 9.17) is 14.2 Å². The fourth-order valence-electron chi connectivity index (χ4n) is 2.07. The van der Waals surface area contributed by atoms with Gasteiger partial charge in [0, 0.05) is 0 Å². The number of imide groups is 1. The third-order valence-electron chi connectivity index (χ3n) is 3.34. The normalized spacial score (nSPS) is 11.2. The van der Waals surface area contributed by atoms with Crippen molar-refractivity contribution in [3.05, 3.63) is 60.2 Å². The lowest BCUT2D eigenvalue weighted by atomic mass is 10.2. The predicted octanol–water partition coefficient (Wildman–Crippen LogP) is 1.96. The Hall–Kier alpha value is -3.35. The Labute approximate surface area is 150 Å². The highest BCUT2D eigenvalue weighted by Crippen LogP contribution is 2.16. The summed E-state index contributed by atoms with van der Waals surface area (Å²) in [5.74, 6) is -1.26. The van der Waals surface area contributed by atoms with Crippen LogP contribution < -0.4 is 14.8 Å². The summed E-state index contributed by atoms with van der Waals surface area (Å²) in [7, 11) is 1.42. The van der Waals surface area contributed by atoms with Gasteiger partial charge in [0.2, 0.25) is 0 Å². The number of ether oxygens (including phenoxy) is 3. The van der Waals surface area contributed by atoms with Gasteiger partial charge in [0.15, 0.2) is 12.7 Å². The van der Waals surface area contributed by atoms with Crippen LogP contribution in [-0.2, 0) is 14.3 Å². The molecule has 0 spiro atoms. The highest BCUT2D eigenvalue weighted by atomic mass is 16.6. The first-order valence-electron chi connectivity index (χ1n) is 7.86. The largest absolute Gasteiger partial charge is 0.496 e. The smallest absolute Gasteiger partial charge is 0.347 e. The van der Waals surface area contributed by atoms with Crippen LogP contribution in [0.4, 0.5) is 0 Å². The molecule has 7 nitrogen and oxygen atoms in total. The van der Waals surface area contributed by atoms with Crippen LogP contribution in [0.25, 0.3) is 0 Å². The van der Waals surface area contributed by atoms with E-state index in [0.717, 1.165) is 0 Å². The van der Waals surface area contributed by atoms with Gasteiger partial charge in [-0.05, 0) is 31.2 Å². The number of hydrogen-bond acceptors (Lipinski definition) is 6. The zero-order valence-electron chi connectivity index (χ0n) is 14.4. The van der Waals surface area contributed by atoms with Gasteiger partial charge in [0.1, 0.15) is 11.5 Å². The van der Waals surface area contributed by atoms with Crippen LogP contribution in [0.5, 0.6) is 11.5 Å². The molecule has 2 aromatic carbocycles. The predicted molar refractivity (Wildman–Crippen MR) is 93.0 cm³/mol. The van der Waals surface area contributed by atoms with Gasteiger partial charge in [-0.2, -0.15) is 0 Å². The number of nitrogens with one attached hydrogen (secondary N) is 1. The zero-order chi connectivity index (χ0) is 18.9. The van der Waals surface area contributed by atoms with E-state index in [1.807, 2.05) is 6.07 Å². The molecular formula is C19H19NO6. The number of carbonyl (C=O) groups excluding carboxylic acids is 3. The number of carbonyl (C=O) groups is 3. The van der Waals surface area contributed by atoms with Gasteiger partial charge in [-0.15, -0.1) is 0 Å². The Bertz CT molecular complexity index is 775. The number of hydrogen-bond donors (Lipinski definition) is 1. The Kier molecular flexibility index (Phi) is 6.73. The molecule has 2 amide bonds. The molecule has 0 saturated carbocycles. The molecule has 0 fully saturated rings. The highest BCUT2D eigenvalue weighted by molar-refractivity contribution is 6.06. The fraction of sp³-hybridized carbons (Fsp3) is 0.211. The van der Waals surface area contributed by atoms with Gasteiger partial charge in [-0.25, -0.2) is 4.79 Å². The highest BCUT2D eigenvalue weighted by Gasteiger charge is 2.19. The first-order chi connectivity index (χ1) is 12.5. The summed E-state index contributed by atoms with van der Waals surface area (Å²) in [6.07, 6.45) is -0.893. The van der Waals surface area contributed by atoms with Gasteiger partial charge < -0.3 is 14.2 Å². The van der Waals surface area contributed by atoms with Crippen molar-refractivity contribution >= 4 is 17.8 Å². The van der Waals surface area contributed by atoms with E-state index < -0.39 is 30.5 Å². The second-order valence-electron chi connectivity index (χ2n) is 5.26. The van der Waals surface area contributed by atoms with E-state index >= 15 is 0 Å². The van der Waals surface area contributed by atoms with Crippen molar-refractivity contribution in [2.75, 3.05) is 13.7 Å². The fourth-order valence-corrected chi connectivity index (χ4v) is 2.07. The maximum atomic E-state index is 12.1. The third kappa shape index (κ3) is 5.34. The molecule has 136 valence electrons. The van der Waals surface area contributed by atoms with Crippen molar-refractivity contribution in [2.24, 2.45) is 0 Å². The lowest BCUT2D eigenvalue weighted by Gasteiger charge is -2.14. The van der Waals surface area contributed by atoms with E-state index in [1.54, 1.807) is 42.5 Å². The molecule has 0 saturated heterocycles. The van der Waals surface area contributed by atoms with Crippen LogP contribution in [0.2, 0.25) is 0 Å². The number of para-hydroxylation sites is 2. The molecule has 0 unspecified atom stereocenters. The van der Waals surface area contributed by atoms with Crippen LogP contribution in [-0.4, -0.2) is 37.6 Å². The Balaban J connectivity index is 1.82. The van der Waals surface area contributed by atoms with Crippen molar-refractivity contribution in [3.63, 3.8) is 0 Å². The Morgan fingerprint density at radius 3 is 2.35 bits per heavy atom. The molecule has 26 heavy (non-hydrogen) atoms. The lowest BCUT2D eigenvalue weighted by molar-refractivity contribution is -0.154. The van der Waals surface area contributed by atoms with Gasteiger partial charge in [-0.3, -0.25) is 14.9 Å². The summed E-state index contributed by atoms with van der Waals surface area (Å²) in [6.45, 7) is 0.912. The Morgan fingerprint density at radius 2 is 1.65 bits per heavy atom. The van der Waals surface area contributed by atoms with Crippen molar-refractivity contribution in [2.45, 2.75) is 13.0 Å². The number of amides is 2. The first-order valence-corrected chi connectivity index (χ1v) is 7.86. The number of rotatable bonds is 7. The minimum Gasteiger partial charge on any atom is -0.496 e. The average molecular weight is 357 g/mol. The minimum atomic E-state index is -0.893. The summed E-state index contributed by atoms with van der Waals surface area (Å²) in [4.78, 5) is 35.8. The summed E-state index contributed by atoms with van der Waals surface area (Å²) in [6, 6.07) is 15.2. The quantitative estimate of drug-likeness (QED) is 0.762. The topological polar surface area (TPSA) is 90.9 Å². The van der Waals surface area contributed by atoms with Crippen molar-refractivity contribution < 1.29 is 28.6 Å². The first kappa shape index (κ1) is 19.0. The molecule has 1 atom stereocenters. The van der Waals surface area contributed by atoms with Crippen LogP contribution in [0.15, 0.2) is 54.6 Å². The van der Waals surface area contributed by atoms with E-state index in [2.05, 4.69) is 5.32 Å². The number of methoxy groups -OCH3 is 1. The van der Waals surface area contributed by atoms with Gasteiger partial charge >= 0.3 is 5.97 Å².